The highest BCUT2D eigenvalue weighted by atomic mass is 32.1. The Morgan fingerprint density at radius 3 is 2.96 bits per heavy atom. The van der Waals surface area contributed by atoms with Crippen LogP contribution in [0.4, 0.5) is 11.5 Å². The molecule has 28 heavy (non-hydrogen) atoms. The predicted octanol–water partition coefficient (Wildman–Crippen LogP) is 4.58. The number of nitrogens with one attached hydrogen (secondary N) is 1. The molecule has 0 radical (unpaired) electrons. The molecule has 2 aliphatic rings. The van der Waals surface area contributed by atoms with Crippen LogP contribution in [0, 0.1) is 0 Å². The third-order valence-corrected chi connectivity index (χ3v) is 6.41. The summed E-state index contributed by atoms with van der Waals surface area (Å²) < 4.78 is 7.24. The van der Waals surface area contributed by atoms with Crippen molar-refractivity contribution in [2.45, 2.75) is 25.4 Å². The van der Waals surface area contributed by atoms with E-state index in [4.69, 9.17) is 4.74 Å². The minimum atomic E-state index is 0.0606. The van der Waals surface area contributed by atoms with Gasteiger partial charge in [0.1, 0.15) is 23.9 Å². The molecule has 2 N–H and O–H groups in total. The maximum atomic E-state index is 9.68. The van der Waals surface area contributed by atoms with Gasteiger partial charge in [-0.05, 0) is 50.2 Å². The number of fused-ring (bicyclic) bond motifs is 1. The van der Waals surface area contributed by atoms with Crippen molar-refractivity contribution in [1.29, 1.82) is 0 Å². The Morgan fingerprint density at radius 1 is 1.21 bits per heavy atom. The largest absolute Gasteiger partial charge is 0.508 e. The maximum absolute atomic E-state index is 9.68. The summed E-state index contributed by atoms with van der Waals surface area (Å²) in [5.74, 6) is 2.06. The van der Waals surface area contributed by atoms with Gasteiger partial charge in [0.25, 0.3) is 0 Å². The number of ether oxygens (including phenoxy) is 1. The second kappa shape index (κ2) is 7.41. The summed E-state index contributed by atoms with van der Waals surface area (Å²) in [4.78, 5) is 12.5. The number of hydrogen-bond donors (Lipinski definition) is 2. The van der Waals surface area contributed by atoms with Crippen molar-refractivity contribution in [2.75, 3.05) is 25.0 Å². The zero-order chi connectivity index (χ0) is 18.9. The molecule has 0 bridgehead atoms. The van der Waals surface area contributed by atoms with E-state index in [1.807, 2.05) is 6.07 Å². The fourth-order valence-corrected chi connectivity index (χ4v) is 4.89. The SMILES string of the molecule is Oc1cccc(Nc2ncnc3cc(C4CC=C(CN5CCCC5)O4)sc23)c1. The molecule has 2 aromatic heterocycles. The number of likely N-dealkylation sites (tertiary alicyclic amines) is 1. The fraction of sp³-hybridized carbons (Fsp3) is 0.333. The summed E-state index contributed by atoms with van der Waals surface area (Å²) in [5.41, 5.74) is 1.70. The molecule has 6 nitrogen and oxygen atoms in total. The number of thiophene rings is 1. The van der Waals surface area contributed by atoms with E-state index in [1.165, 1.54) is 30.8 Å². The average molecular weight is 395 g/mol. The lowest BCUT2D eigenvalue weighted by atomic mass is 10.2. The zero-order valence-corrected chi connectivity index (χ0v) is 16.3. The number of benzene rings is 1. The summed E-state index contributed by atoms with van der Waals surface area (Å²) in [6.07, 6.45) is 7.34. The smallest absolute Gasteiger partial charge is 0.151 e. The zero-order valence-electron chi connectivity index (χ0n) is 15.5. The Kier molecular flexibility index (Phi) is 4.62. The lowest BCUT2D eigenvalue weighted by molar-refractivity contribution is 0.129. The van der Waals surface area contributed by atoms with E-state index >= 15 is 0 Å². The number of phenolic OH excluding ortho intramolecular Hbond substituents is 1. The van der Waals surface area contributed by atoms with Gasteiger partial charge in [-0.15, -0.1) is 11.3 Å². The van der Waals surface area contributed by atoms with Crippen molar-refractivity contribution < 1.29 is 9.84 Å². The highest BCUT2D eigenvalue weighted by molar-refractivity contribution is 7.19. The number of nitrogens with zero attached hydrogens (tertiary/aromatic N) is 3. The molecule has 7 heteroatoms. The van der Waals surface area contributed by atoms with E-state index in [2.05, 4.69) is 32.3 Å². The lowest BCUT2D eigenvalue weighted by Gasteiger charge is -2.17. The van der Waals surface area contributed by atoms with Crippen LogP contribution in [0.2, 0.25) is 0 Å². The van der Waals surface area contributed by atoms with Gasteiger partial charge in [-0.3, -0.25) is 4.90 Å². The van der Waals surface area contributed by atoms with Crippen LogP contribution in [0.1, 0.15) is 30.2 Å². The number of aromatic nitrogens is 2. The molecule has 1 atom stereocenters. The predicted molar refractivity (Wildman–Crippen MR) is 111 cm³/mol. The highest BCUT2D eigenvalue weighted by Gasteiger charge is 2.25. The molecule has 0 saturated carbocycles. The van der Waals surface area contributed by atoms with Gasteiger partial charge in [0, 0.05) is 23.1 Å². The van der Waals surface area contributed by atoms with Crippen molar-refractivity contribution in [3.05, 3.63) is 53.4 Å². The minimum absolute atomic E-state index is 0.0606. The van der Waals surface area contributed by atoms with Crippen LogP contribution in [0.15, 0.2) is 48.5 Å². The van der Waals surface area contributed by atoms with E-state index in [0.29, 0.717) is 0 Å². The van der Waals surface area contributed by atoms with Crippen molar-refractivity contribution in [3.63, 3.8) is 0 Å². The third-order valence-electron chi connectivity index (χ3n) is 5.19. The maximum Gasteiger partial charge on any atom is 0.151 e. The van der Waals surface area contributed by atoms with Crippen LogP contribution in [-0.4, -0.2) is 39.6 Å². The Labute approximate surface area is 167 Å². The Hall–Kier alpha value is -2.64. The first-order chi connectivity index (χ1) is 13.7. The summed E-state index contributed by atoms with van der Waals surface area (Å²) in [5, 5.41) is 13.0. The van der Waals surface area contributed by atoms with Gasteiger partial charge < -0.3 is 15.2 Å². The van der Waals surface area contributed by atoms with E-state index in [0.717, 1.165) is 40.4 Å². The topological polar surface area (TPSA) is 70.5 Å². The molecule has 0 aliphatic carbocycles. The van der Waals surface area contributed by atoms with Crippen LogP contribution in [0.25, 0.3) is 10.2 Å². The molecular weight excluding hydrogens is 372 g/mol. The summed E-state index contributed by atoms with van der Waals surface area (Å²) in [6.45, 7) is 3.27. The van der Waals surface area contributed by atoms with Gasteiger partial charge in [0.15, 0.2) is 5.82 Å². The van der Waals surface area contributed by atoms with Gasteiger partial charge in [-0.1, -0.05) is 6.07 Å². The molecular formula is C21H22N4O2S. The van der Waals surface area contributed by atoms with Gasteiger partial charge in [0.05, 0.1) is 16.8 Å². The fourth-order valence-electron chi connectivity index (χ4n) is 3.80. The molecule has 3 aromatic rings. The van der Waals surface area contributed by atoms with Gasteiger partial charge in [0.2, 0.25) is 0 Å². The van der Waals surface area contributed by atoms with E-state index < -0.39 is 0 Å². The number of rotatable bonds is 5. The van der Waals surface area contributed by atoms with Gasteiger partial charge in [-0.2, -0.15) is 0 Å². The summed E-state index contributed by atoms with van der Waals surface area (Å²) in [7, 11) is 0. The molecule has 144 valence electrons. The van der Waals surface area contributed by atoms with Crippen molar-refractivity contribution in [3.8, 4) is 5.75 Å². The first kappa shape index (κ1) is 17.5. The molecule has 5 rings (SSSR count). The molecule has 0 amide bonds. The van der Waals surface area contributed by atoms with E-state index in [-0.39, 0.29) is 11.9 Å². The van der Waals surface area contributed by atoms with Gasteiger partial charge in [-0.25, -0.2) is 9.97 Å². The normalized spacial score (nSPS) is 19.7. The second-order valence-corrected chi connectivity index (χ2v) is 8.34. The molecule has 0 spiro atoms. The molecule has 1 unspecified atom stereocenters. The molecule has 4 heterocycles. The number of aromatic hydroxyl groups is 1. The van der Waals surface area contributed by atoms with E-state index in [1.54, 1.807) is 35.9 Å². The second-order valence-electron chi connectivity index (χ2n) is 7.26. The van der Waals surface area contributed by atoms with Crippen LogP contribution >= 0.6 is 11.3 Å². The van der Waals surface area contributed by atoms with Crippen LogP contribution in [-0.2, 0) is 4.74 Å². The highest BCUT2D eigenvalue weighted by Crippen LogP contribution is 2.40. The Balaban J connectivity index is 1.34. The molecule has 1 fully saturated rings. The monoisotopic (exact) mass is 394 g/mol. The number of anilines is 2. The Bertz CT molecular complexity index is 1030. The van der Waals surface area contributed by atoms with Gasteiger partial charge >= 0.3 is 0 Å². The molecule has 1 aromatic carbocycles. The Morgan fingerprint density at radius 2 is 2.11 bits per heavy atom. The average Bonchev–Trinajstić information content (AvgIpc) is 3.42. The van der Waals surface area contributed by atoms with E-state index in [9.17, 15) is 5.11 Å². The number of phenols is 1. The molecule has 2 aliphatic heterocycles. The lowest BCUT2D eigenvalue weighted by Crippen LogP contribution is -2.22. The first-order valence-corrected chi connectivity index (χ1v) is 10.4. The van der Waals surface area contributed by atoms with Crippen molar-refractivity contribution >= 4 is 33.1 Å². The number of hydrogen-bond acceptors (Lipinski definition) is 7. The van der Waals surface area contributed by atoms with Crippen LogP contribution < -0.4 is 5.32 Å². The first-order valence-electron chi connectivity index (χ1n) is 9.63. The standard InChI is InChI=1S/C21H22N4O2S/c26-15-5-3-4-14(10-15)24-21-20-17(22-13-23-21)11-19(28-20)18-7-6-16(27-18)12-25-8-1-2-9-25/h3-6,10-11,13,18,26H,1-2,7-9,12H2,(H,22,23,24). The quantitative estimate of drug-likeness (QED) is 0.660. The van der Waals surface area contributed by atoms with Crippen LogP contribution in [0.3, 0.4) is 0 Å². The van der Waals surface area contributed by atoms with Crippen LogP contribution in [0.5, 0.6) is 5.75 Å². The summed E-state index contributed by atoms with van der Waals surface area (Å²) >= 11 is 1.67. The third kappa shape index (κ3) is 3.55. The van der Waals surface area contributed by atoms with Crippen molar-refractivity contribution in [2.24, 2.45) is 0 Å². The molecule has 1 saturated heterocycles. The van der Waals surface area contributed by atoms with Crippen molar-refractivity contribution in [1.82, 2.24) is 14.9 Å². The summed E-state index contributed by atoms with van der Waals surface area (Å²) in [6, 6.07) is 9.13. The minimum Gasteiger partial charge on any atom is -0.508 e.